The molecule has 0 unspecified atom stereocenters. The van der Waals surface area contributed by atoms with E-state index in [4.69, 9.17) is 9.72 Å². The molecule has 2 aromatic heterocycles. The topological polar surface area (TPSA) is 156 Å². The van der Waals surface area contributed by atoms with Crippen LogP contribution in [0.1, 0.15) is 72.2 Å². The molecule has 4 aromatic rings. The van der Waals surface area contributed by atoms with Crippen molar-refractivity contribution in [2.24, 2.45) is 5.92 Å². The molecule has 6 aliphatic rings. The molecule has 0 saturated carbocycles. The second-order valence-corrected chi connectivity index (χ2v) is 17.2. The number of para-hydroxylation sites is 1. The molecular formula is C44H46F3N9O5. The van der Waals surface area contributed by atoms with Crippen LogP contribution in [0.15, 0.2) is 54.6 Å². The number of phenols is 1. The van der Waals surface area contributed by atoms with Gasteiger partial charge in [0.1, 0.15) is 17.7 Å². The Balaban J connectivity index is 0.761. The molecule has 318 valence electrons. The first kappa shape index (κ1) is 39.2. The number of nitrogens with zero attached hydrogens (tertiary/aromatic N) is 7. The van der Waals surface area contributed by atoms with Crippen molar-refractivity contribution in [3.63, 3.8) is 0 Å². The first-order chi connectivity index (χ1) is 29.5. The van der Waals surface area contributed by atoms with Gasteiger partial charge in [0.05, 0.1) is 23.6 Å². The number of carbonyl (C=O) groups is 3. The van der Waals surface area contributed by atoms with Crippen LogP contribution in [0.2, 0.25) is 0 Å². The molecule has 3 amide bonds. The summed E-state index contributed by atoms with van der Waals surface area (Å²) < 4.78 is 50.6. The monoisotopic (exact) mass is 837 g/mol. The van der Waals surface area contributed by atoms with Gasteiger partial charge in [0, 0.05) is 87.5 Å². The summed E-state index contributed by atoms with van der Waals surface area (Å²) in [6.45, 7) is 6.16. The Hall–Kier alpha value is -5.97. The van der Waals surface area contributed by atoms with Crippen molar-refractivity contribution >= 4 is 34.9 Å². The third-order valence-electron chi connectivity index (χ3n) is 13.7. The Labute approximate surface area is 350 Å². The van der Waals surface area contributed by atoms with Gasteiger partial charge in [-0.1, -0.05) is 18.2 Å². The maximum Gasteiger partial charge on any atom is 0.263 e. The Bertz CT molecular complexity index is 2430. The molecule has 0 radical (unpaired) electrons. The minimum atomic E-state index is -2.72. The zero-order chi connectivity index (χ0) is 42.2. The van der Waals surface area contributed by atoms with Gasteiger partial charge in [-0.15, -0.1) is 10.2 Å². The summed E-state index contributed by atoms with van der Waals surface area (Å²) in [4.78, 5) is 50.5. The number of imide groups is 1. The summed E-state index contributed by atoms with van der Waals surface area (Å²) in [6.07, 6.45) is 0.0364. The molecule has 0 bridgehead atoms. The third-order valence-corrected chi connectivity index (χ3v) is 13.7. The van der Waals surface area contributed by atoms with Crippen LogP contribution in [0.5, 0.6) is 11.6 Å². The Morgan fingerprint density at radius 2 is 1.82 bits per heavy atom. The van der Waals surface area contributed by atoms with Gasteiger partial charge in [-0.2, -0.15) is 0 Å². The number of phenolic OH excluding ortho intramolecular Hbond substituents is 1. The number of benzene rings is 2. The molecule has 3 saturated heterocycles. The fourth-order valence-corrected chi connectivity index (χ4v) is 10.3. The number of fused-ring (bicyclic) bond motifs is 5. The number of amides is 3. The van der Waals surface area contributed by atoms with Gasteiger partial charge in [0.25, 0.3) is 12.3 Å². The van der Waals surface area contributed by atoms with Crippen molar-refractivity contribution in [3.05, 3.63) is 82.8 Å². The molecule has 6 aliphatic heterocycles. The number of ether oxygens (including phenoxy) is 1. The van der Waals surface area contributed by atoms with Gasteiger partial charge in [0.2, 0.25) is 17.7 Å². The lowest BCUT2D eigenvalue weighted by atomic mass is 9.92. The highest BCUT2D eigenvalue weighted by Gasteiger charge is 2.56. The van der Waals surface area contributed by atoms with E-state index in [-0.39, 0.29) is 55.0 Å². The van der Waals surface area contributed by atoms with Gasteiger partial charge in [-0.25, -0.2) is 18.2 Å². The van der Waals surface area contributed by atoms with Crippen LogP contribution in [-0.4, -0.2) is 111 Å². The lowest BCUT2D eigenvalue weighted by Crippen LogP contribution is -2.57. The average Bonchev–Trinajstić information content (AvgIpc) is 3.80. The summed E-state index contributed by atoms with van der Waals surface area (Å²) in [5.41, 5.74) is 3.67. The van der Waals surface area contributed by atoms with Crippen LogP contribution in [0.3, 0.4) is 0 Å². The summed E-state index contributed by atoms with van der Waals surface area (Å²) >= 11 is 0. The molecule has 0 spiro atoms. The highest BCUT2D eigenvalue weighted by Crippen LogP contribution is 2.47. The number of nitrogens with one attached hydrogen (secondary N) is 2. The molecule has 61 heavy (non-hydrogen) atoms. The van der Waals surface area contributed by atoms with E-state index in [0.29, 0.717) is 41.8 Å². The molecule has 14 nitrogen and oxygen atoms in total. The number of hydrogen-bond acceptors (Lipinski definition) is 12. The predicted octanol–water partition coefficient (Wildman–Crippen LogP) is 5.07. The fraction of sp³-hybridized carbons (Fsp3) is 0.455. The van der Waals surface area contributed by atoms with Crippen LogP contribution >= 0.6 is 0 Å². The Morgan fingerprint density at radius 3 is 2.62 bits per heavy atom. The number of pyridine rings is 1. The minimum absolute atomic E-state index is 0.0372. The van der Waals surface area contributed by atoms with E-state index < -0.39 is 41.6 Å². The predicted molar refractivity (Wildman–Crippen MR) is 218 cm³/mol. The van der Waals surface area contributed by atoms with Gasteiger partial charge in [-0.3, -0.25) is 24.6 Å². The van der Waals surface area contributed by atoms with Crippen molar-refractivity contribution in [1.29, 1.82) is 0 Å². The quantitative estimate of drug-likeness (QED) is 0.203. The van der Waals surface area contributed by atoms with Crippen LogP contribution in [0.25, 0.3) is 11.3 Å². The number of alkyl halides is 2. The van der Waals surface area contributed by atoms with Crippen LogP contribution in [0.4, 0.5) is 30.4 Å². The van der Waals surface area contributed by atoms with E-state index in [9.17, 15) is 23.9 Å². The number of aromatic nitrogens is 3. The molecule has 17 heteroatoms. The van der Waals surface area contributed by atoms with E-state index in [2.05, 4.69) is 43.6 Å². The lowest BCUT2D eigenvalue weighted by Gasteiger charge is -2.43. The fourth-order valence-electron chi connectivity index (χ4n) is 10.3. The molecule has 4 atom stereocenters. The minimum Gasteiger partial charge on any atom is -0.504 e. The van der Waals surface area contributed by atoms with Gasteiger partial charge >= 0.3 is 0 Å². The number of anilines is 3. The summed E-state index contributed by atoms with van der Waals surface area (Å²) in [6, 6.07) is 15.0. The second kappa shape index (κ2) is 15.2. The molecule has 10 rings (SSSR count). The average molecular weight is 838 g/mol. The molecular weight excluding hydrogens is 792 g/mol. The molecule has 8 heterocycles. The molecule has 3 fully saturated rings. The number of halogens is 3. The van der Waals surface area contributed by atoms with E-state index in [0.717, 1.165) is 74.0 Å². The van der Waals surface area contributed by atoms with Crippen LogP contribution in [0, 0.1) is 11.7 Å². The second-order valence-electron chi connectivity index (χ2n) is 17.2. The third kappa shape index (κ3) is 6.86. The largest absolute Gasteiger partial charge is 0.504 e. The molecule has 2 aromatic carbocycles. The number of carbonyl (C=O) groups excluding carboxylic acids is 3. The first-order valence-corrected chi connectivity index (χ1v) is 21.0. The molecule has 3 N–H and O–H groups in total. The van der Waals surface area contributed by atoms with Gasteiger partial charge < -0.3 is 29.9 Å². The summed E-state index contributed by atoms with van der Waals surface area (Å²) in [5.74, 6) is -1.06. The number of aromatic hydroxyl groups is 1. The SMILES string of the molecule is C[C@H]1c2ccc(O[C@H]3CN4c5cc(-c6cccc(F)c6O)nnc5NC[C@@]4(C(F)F)C3)nc2CCN1CC1CCN(c2ccc3c(c2)C(=O)N([C@H]2CCC(=O)NC2=O)C3)CC1. The number of piperidine rings is 2. The number of hydrogen-bond donors (Lipinski definition) is 3. The van der Waals surface area contributed by atoms with Gasteiger partial charge in [-0.05, 0) is 73.6 Å². The summed E-state index contributed by atoms with van der Waals surface area (Å²) in [7, 11) is 0. The van der Waals surface area contributed by atoms with Crippen LogP contribution in [-0.2, 0) is 22.6 Å². The van der Waals surface area contributed by atoms with E-state index in [1.165, 1.54) is 12.1 Å². The summed E-state index contributed by atoms with van der Waals surface area (Å²) in [5, 5.41) is 24.1. The van der Waals surface area contributed by atoms with Crippen LogP contribution < -0.4 is 25.2 Å². The zero-order valence-electron chi connectivity index (χ0n) is 33.6. The Morgan fingerprint density at radius 1 is 0.984 bits per heavy atom. The normalized spacial score (nSPS) is 25.2. The smallest absolute Gasteiger partial charge is 0.263 e. The van der Waals surface area contributed by atoms with Gasteiger partial charge in [0.15, 0.2) is 17.4 Å². The maximum atomic E-state index is 15.0. The maximum absolute atomic E-state index is 15.0. The highest BCUT2D eigenvalue weighted by atomic mass is 19.3. The van der Waals surface area contributed by atoms with E-state index >= 15 is 8.78 Å². The lowest BCUT2D eigenvalue weighted by molar-refractivity contribution is -0.136. The van der Waals surface area contributed by atoms with Crippen molar-refractivity contribution in [2.45, 2.75) is 82.1 Å². The number of rotatable bonds is 8. The van der Waals surface area contributed by atoms with Crippen molar-refractivity contribution in [3.8, 4) is 22.9 Å². The highest BCUT2D eigenvalue weighted by molar-refractivity contribution is 6.05. The van der Waals surface area contributed by atoms with E-state index in [1.54, 1.807) is 15.9 Å². The molecule has 0 aliphatic carbocycles. The standard InChI is InChI=1S/C44H46F3N9O5/c1-24-29-7-10-38(61-28-19-44(43(46)47)23-48-40-36(56(44)22-28)18-34(51-52-40)30-3-2-4-32(45)39(30)58)49-33(29)13-16-54(24)20-25-11-14-53(15-12-25)27-6-5-26-21-55(42(60)31(26)17-27)35-8-9-37(57)50-41(35)59/h2-7,10,17-18,24-25,28,35,43,58H,8-9,11-16,19-23H2,1H3,(H,48,52)(H,50,57,59)/t24-,28+,35-,44+/m0/s1. The van der Waals surface area contributed by atoms with Crippen molar-refractivity contribution < 1.29 is 37.4 Å². The van der Waals surface area contributed by atoms with E-state index in [1.807, 2.05) is 24.3 Å². The zero-order valence-corrected chi connectivity index (χ0v) is 33.6. The van der Waals surface area contributed by atoms with Crippen molar-refractivity contribution in [1.82, 2.24) is 30.3 Å². The first-order valence-electron chi connectivity index (χ1n) is 21.0. The Kier molecular flexibility index (Phi) is 9.75. The van der Waals surface area contributed by atoms with Crippen molar-refractivity contribution in [2.75, 3.05) is 54.4 Å².